The van der Waals surface area contributed by atoms with Crippen LogP contribution >= 0.6 is 11.8 Å². The predicted octanol–water partition coefficient (Wildman–Crippen LogP) is 2.99. The first-order valence-corrected chi connectivity index (χ1v) is 9.04. The van der Waals surface area contributed by atoms with E-state index in [0.717, 1.165) is 4.57 Å². The largest absolute Gasteiger partial charge is 0.493 e. The third kappa shape index (κ3) is 4.29. The SMILES string of the molecule is Cc1c(O)n(-c2ccc(SC(F)(F)F)cc2)c(=O)n1Cc1ccncc1C(=N)N. The van der Waals surface area contributed by atoms with E-state index in [1.807, 2.05) is 0 Å². The summed E-state index contributed by atoms with van der Waals surface area (Å²) in [5.74, 6) is -0.537. The quantitative estimate of drug-likeness (QED) is 0.332. The molecule has 11 heteroatoms. The van der Waals surface area contributed by atoms with Gasteiger partial charge in [-0.05, 0) is 54.6 Å². The van der Waals surface area contributed by atoms with Gasteiger partial charge in [0.2, 0.25) is 5.88 Å². The molecule has 3 aromatic rings. The number of hydrogen-bond acceptors (Lipinski definition) is 5. The molecule has 29 heavy (non-hydrogen) atoms. The first kappa shape index (κ1) is 20.5. The summed E-state index contributed by atoms with van der Waals surface area (Å²) in [4.78, 5) is 16.8. The minimum Gasteiger partial charge on any atom is -0.493 e. The van der Waals surface area contributed by atoms with Gasteiger partial charge in [0.15, 0.2) is 0 Å². The lowest BCUT2D eigenvalue weighted by Crippen LogP contribution is -2.25. The average molecular weight is 423 g/mol. The summed E-state index contributed by atoms with van der Waals surface area (Å²) in [5.41, 5.74) is 1.96. The molecule has 0 aliphatic heterocycles. The number of rotatable bonds is 5. The Morgan fingerprint density at radius 2 is 1.93 bits per heavy atom. The summed E-state index contributed by atoms with van der Waals surface area (Å²) in [7, 11) is 0. The summed E-state index contributed by atoms with van der Waals surface area (Å²) < 4.78 is 39.7. The Balaban J connectivity index is 2.00. The van der Waals surface area contributed by atoms with E-state index in [0.29, 0.717) is 11.1 Å². The molecule has 0 aliphatic carbocycles. The molecule has 0 amide bonds. The van der Waals surface area contributed by atoms with Gasteiger partial charge in [0.1, 0.15) is 5.84 Å². The summed E-state index contributed by atoms with van der Waals surface area (Å²) in [6, 6.07) is 6.71. The predicted molar refractivity (Wildman–Crippen MR) is 103 cm³/mol. The molecular formula is C18H16F3N5O2S. The molecular weight excluding hydrogens is 407 g/mol. The molecule has 2 aromatic heterocycles. The van der Waals surface area contributed by atoms with E-state index in [4.69, 9.17) is 11.1 Å². The van der Waals surface area contributed by atoms with Crippen molar-refractivity contribution in [1.82, 2.24) is 14.1 Å². The lowest BCUT2D eigenvalue weighted by molar-refractivity contribution is -0.0328. The highest BCUT2D eigenvalue weighted by Gasteiger charge is 2.29. The number of aromatic hydroxyl groups is 1. The minimum atomic E-state index is -4.42. The number of hydrogen-bond donors (Lipinski definition) is 3. The molecule has 0 saturated carbocycles. The van der Waals surface area contributed by atoms with Crippen LogP contribution in [0.15, 0.2) is 52.4 Å². The molecule has 0 radical (unpaired) electrons. The van der Waals surface area contributed by atoms with Crippen molar-refractivity contribution in [3.05, 3.63) is 70.0 Å². The number of amidine groups is 1. The van der Waals surface area contributed by atoms with Crippen molar-refractivity contribution in [1.29, 1.82) is 5.41 Å². The topological polar surface area (TPSA) is 110 Å². The number of imidazole rings is 1. The van der Waals surface area contributed by atoms with E-state index >= 15 is 0 Å². The van der Waals surface area contributed by atoms with Crippen LogP contribution in [0.3, 0.4) is 0 Å². The monoisotopic (exact) mass is 423 g/mol. The van der Waals surface area contributed by atoms with Crippen molar-refractivity contribution in [2.24, 2.45) is 5.73 Å². The number of pyridine rings is 1. The molecule has 7 nitrogen and oxygen atoms in total. The van der Waals surface area contributed by atoms with Crippen LogP contribution in [0.5, 0.6) is 5.88 Å². The fraction of sp³-hybridized carbons (Fsp3) is 0.167. The van der Waals surface area contributed by atoms with Crippen LogP contribution in [-0.2, 0) is 6.54 Å². The van der Waals surface area contributed by atoms with Gasteiger partial charge in [-0.25, -0.2) is 9.36 Å². The minimum absolute atomic E-state index is 0.0324. The number of nitrogens with one attached hydrogen (secondary N) is 1. The Hall–Kier alpha value is -3.21. The van der Waals surface area contributed by atoms with E-state index in [1.165, 1.54) is 48.1 Å². The van der Waals surface area contributed by atoms with Gasteiger partial charge in [-0.15, -0.1) is 0 Å². The van der Waals surface area contributed by atoms with Gasteiger partial charge in [-0.3, -0.25) is 15.0 Å². The smallest absolute Gasteiger partial charge is 0.446 e. The number of aromatic nitrogens is 3. The van der Waals surface area contributed by atoms with Crippen LogP contribution in [-0.4, -0.2) is 30.6 Å². The van der Waals surface area contributed by atoms with Gasteiger partial charge >= 0.3 is 11.2 Å². The van der Waals surface area contributed by atoms with E-state index in [2.05, 4.69) is 4.98 Å². The van der Waals surface area contributed by atoms with Gasteiger partial charge in [0.25, 0.3) is 0 Å². The van der Waals surface area contributed by atoms with E-state index < -0.39 is 11.2 Å². The third-order valence-corrected chi connectivity index (χ3v) is 4.96. The molecule has 0 atom stereocenters. The van der Waals surface area contributed by atoms with Crippen molar-refractivity contribution in [3.8, 4) is 11.6 Å². The van der Waals surface area contributed by atoms with Crippen molar-refractivity contribution in [3.63, 3.8) is 0 Å². The summed E-state index contributed by atoms with van der Waals surface area (Å²) in [6.07, 6.45) is 2.90. The summed E-state index contributed by atoms with van der Waals surface area (Å²) in [6.45, 7) is 1.57. The Morgan fingerprint density at radius 1 is 1.28 bits per heavy atom. The zero-order chi connectivity index (χ0) is 21.3. The Kier molecular flexibility index (Phi) is 5.42. The average Bonchev–Trinajstić information content (AvgIpc) is 2.85. The number of benzene rings is 1. The second-order valence-corrected chi connectivity index (χ2v) is 7.24. The number of alkyl halides is 3. The fourth-order valence-corrected chi connectivity index (χ4v) is 3.37. The van der Waals surface area contributed by atoms with Crippen LogP contribution in [0.2, 0.25) is 0 Å². The van der Waals surface area contributed by atoms with Crippen LogP contribution in [0, 0.1) is 12.3 Å². The van der Waals surface area contributed by atoms with Crippen LogP contribution in [0.25, 0.3) is 5.69 Å². The number of nitrogen functional groups attached to an aromatic ring is 1. The second-order valence-electron chi connectivity index (χ2n) is 6.10. The highest BCUT2D eigenvalue weighted by molar-refractivity contribution is 8.00. The molecule has 2 heterocycles. The number of thioether (sulfide) groups is 1. The van der Waals surface area contributed by atoms with Crippen molar-refractivity contribution < 1.29 is 18.3 Å². The van der Waals surface area contributed by atoms with Crippen LogP contribution in [0.4, 0.5) is 13.2 Å². The molecule has 0 fully saturated rings. The normalized spacial score (nSPS) is 11.6. The second kappa shape index (κ2) is 7.66. The van der Waals surface area contributed by atoms with E-state index in [1.54, 1.807) is 6.07 Å². The Morgan fingerprint density at radius 3 is 2.52 bits per heavy atom. The zero-order valence-corrected chi connectivity index (χ0v) is 15.9. The molecule has 0 saturated heterocycles. The lowest BCUT2D eigenvalue weighted by Gasteiger charge is -2.09. The van der Waals surface area contributed by atoms with Gasteiger partial charge in [-0.1, -0.05) is 0 Å². The lowest BCUT2D eigenvalue weighted by atomic mass is 10.1. The van der Waals surface area contributed by atoms with Crippen molar-refractivity contribution in [2.45, 2.75) is 23.9 Å². The zero-order valence-electron chi connectivity index (χ0n) is 15.1. The van der Waals surface area contributed by atoms with E-state index in [9.17, 15) is 23.1 Å². The van der Waals surface area contributed by atoms with Crippen molar-refractivity contribution >= 4 is 17.6 Å². The fourth-order valence-electron chi connectivity index (χ4n) is 2.83. The van der Waals surface area contributed by atoms with Gasteiger partial charge in [0, 0.05) is 22.9 Å². The number of nitrogens with zero attached hydrogens (tertiary/aromatic N) is 3. The third-order valence-electron chi connectivity index (χ3n) is 4.22. The van der Waals surface area contributed by atoms with E-state index in [-0.39, 0.29) is 46.3 Å². The molecule has 0 bridgehead atoms. The molecule has 3 rings (SSSR count). The molecule has 1 aromatic carbocycles. The Bertz CT molecular complexity index is 1120. The number of halogens is 3. The first-order chi connectivity index (χ1) is 13.6. The summed E-state index contributed by atoms with van der Waals surface area (Å²) in [5, 5.41) is 18.1. The highest BCUT2D eigenvalue weighted by atomic mass is 32.2. The maximum absolute atomic E-state index is 12.9. The van der Waals surface area contributed by atoms with Crippen LogP contribution in [0.1, 0.15) is 16.8 Å². The maximum atomic E-state index is 12.9. The van der Waals surface area contributed by atoms with Gasteiger partial charge in [0.05, 0.1) is 17.9 Å². The molecule has 0 aliphatic rings. The standard InChI is InChI=1S/C18H16F3N5O2S/c1-10-16(27)26(12-2-4-13(5-3-12)29-18(19,20)21)17(28)25(10)9-11-6-7-24-8-14(11)15(22)23/h2-8,27H,9H2,1H3,(H3,22,23). The van der Waals surface area contributed by atoms with Gasteiger partial charge < -0.3 is 10.8 Å². The number of nitrogens with two attached hydrogens (primary N) is 1. The molecule has 0 spiro atoms. The Labute approximate surface area is 167 Å². The van der Waals surface area contributed by atoms with Crippen molar-refractivity contribution in [2.75, 3.05) is 0 Å². The maximum Gasteiger partial charge on any atom is 0.446 e. The molecule has 0 unspecified atom stereocenters. The summed E-state index contributed by atoms with van der Waals surface area (Å²) >= 11 is -0.265. The van der Waals surface area contributed by atoms with Gasteiger partial charge in [-0.2, -0.15) is 13.2 Å². The highest BCUT2D eigenvalue weighted by Crippen LogP contribution is 2.37. The molecule has 4 N–H and O–H groups in total. The first-order valence-electron chi connectivity index (χ1n) is 8.23. The molecule has 152 valence electrons. The van der Waals surface area contributed by atoms with Crippen LogP contribution < -0.4 is 11.4 Å².